The Morgan fingerprint density at radius 1 is 1.08 bits per heavy atom. The van der Waals surface area contributed by atoms with E-state index in [0.29, 0.717) is 6.61 Å². The Balaban J connectivity index is 0.00000338. The van der Waals surface area contributed by atoms with Crippen LogP contribution in [0.15, 0.2) is 29.3 Å². The number of nitrogens with one attached hydrogen (secondary N) is 2. The van der Waals surface area contributed by atoms with Crippen LogP contribution in [0.2, 0.25) is 0 Å². The lowest BCUT2D eigenvalue weighted by Gasteiger charge is -2.22. The summed E-state index contributed by atoms with van der Waals surface area (Å²) in [6.45, 7) is 8.51. The zero-order valence-electron chi connectivity index (χ0n) is 16.3. The molecule has 1 aliphatic rings. The summed E-state index contributed by atoms with van der Waals surface area (Å²) >= 11 is 0. The fourth-order valence-corrected chi connectivity index (χ4v) is 3.20. The normalized spacial score (nSPS) is 15.8. The average Bonchev–Trinajstić information content (AvgIpc) is 2.91. The Morgan fingerprint density at radius 3 is 2.42 bits per heavy atom. The van der Waals surface area contributed by atoms with Gasteiger partial charge in [-0.1, -0.05) is 37.1 Å². The Bertz CT molecular complexity index is 516. The molecule has 2 N–H and O–H groups in total. The van der Waals surface area contributed by atoms with Gasteiger partial charge in [0.15, 0.2) is 5.96 Å². The first-order valence-corrected chi connectivity index (χ1v) is 9.65. The van der Waals surface area contributed by atoms with Crippen LogP contribution < -0.4 is 10.6 Å². The van der Waals surface area contributed by atoms with E-state index in [1.807, 2.05) is 6.92 Å². The van der Waals surface area contributed by atoms with Gasteiger partial charge in [-0.15, -0.1) is 24.0 Å². The summed E-state index contributed by atoms with van der Waals surface area (Å²) in [6, 6.07) is 8.74. The zero-order chi connectivity index (χ0) is 17.7. The molecule has 1 saturated heterocycles. The molecule has 0 bridgehead atoms. The molecule has 1 aliphatic heterocycles. The third kappa shape index (κ3) is 8.68. The molecule has 1 fully saturated rings. The van der Waals surface area contributed by atoms with Gasteiger partial charge in [0.05, 0.1) is 6.61 Å². The molecular formula is C20H35IN4O. The van der Waals surface area contributed by atoms with Gasteiger partial charge >= 0.3 is 0 Å². The molecule has 0 aromatic heterocycles. The maximum Gasteiger partial charge on any atom is 0.191 e. The number of rotatable bonds is 8. The number of aliphatic imine (C=N–C) groups is 1. The van der Waals surface area contributed by atoms with Crippen molar-refractivity contribution in [2.45, 2.75) is 45.7 Å². The predicted octanol–water partition coefficient (Wildman–Crippen LogP) is 3.38. The third-order valence-corrected chi connectivity index (χ3v) is 4.62. The van der Waals surface area contributed by atoms with Crippen molar-refractivity contribution in [3.05, 3.63) is 35.4 Å². The summed E-state index contributed by atoms with van der Waals surface area (Å²) in [5.74, 6) is 0.823. The summed E-state index contributed by atoms with van der Waals surface area (Å²) in [6.07, 6.45) is 5.42. The predicted molar refractivity (Wildman–Crippen MR) is 120 cm³/mol. The van der Waals surface area contributed by atoms with Crippen LogP contribution in [0, 0.1) is 0 Å². The Labute approximate surface area is 176 Å². The molecule has 0 amide bonds. The molecule has 148 valence electrons. The minimum atomic E-state index is 0. The highest BCUT2D eigenvalue weighted by Crippen LogP contribution is 2.16. The lowest BCUT2D eigenvalue weighted by molar-refractivity contribution is 0.152. The van der Waals surface area contributed by atoms with Gasteiger partial charge in [-0.25, -0.2) is 0 Å². The molecule has 1 heterocycles. The van der Waals surface area contributed by atoms with E-state index in [4.69, 9.17) is 4.74 Å². The molecule has 0 atom stereocenters. The van der Waals surface area contributed by atoms with Crippen LogP contribution in [0.25, 0.3) is 0 Å². The van der Waals surface area contributed by atoms with Gasteiger partial charge in [0.25, 0.3) is 0 Å². The van der Waals surface area contributed by atoms with Crippen molar-refractivity contribution in [2.75, 3.05) is 39.9 Å². The second-order valence-electron chi connectivity index (χ2n) is 6.51. The first-order valence-electron chi connectivity index (χ1n) is 9.65. The summed E-state index contributed by atoms with van der Waals surface area (Å²) in [5.41, 5.74) is 2.76. The standard InChI is InChI=1S/C20H34N4O.HI/c1-3-25-15-12-22-20(21-2)23-16-18-10-6-7-11-19(18)17-24-13-8-4-5-9-14-24;/h6-7,10-11H,3-5,8-9,12-17H2,1-2H3,(H2,21,22,23);1H. The minimum absolute atomic E-state index is 0. The molecule has 5 nitrogen and oxygen atoms in total. The van der Waals surface area contributed by atoms with Crippen LogP contribution >= 0.6 is 24.0 Å². The highest BCUT2D eigenvalue weighted by Gasteiger charge is 2.11. The Morgan fingerprint density at radius 2 is 1.77 bits per heavy atom. The monoisotopic (exact) mass is 474 g/mol. The van der Waals surface area contributed by atoms with E-state index in [1.54, 1.807) is 7.05 Å². The zero-order valence-corrected chi connectivity index (χ0v) is 18.6. The second-order valence-corrected chi connectivity index (χ2v) is 6.51. The van der Waals surface area contributed by atoms with E-state index in [9.17, 15) is 0 Å². The maximum atomic E-state index is 5.35. The van der Waals surface area contributed by atoms with Crippen molar-refractivity contribution in [2.24, 2.45) is 4.99 Å². The fraction of sp³-hybridized carbons (Fsp3) is 0.650. The van der Waals surface area contributed by atoms with Crippen molar-refractivity contribution >= 4 is 29.9 Å². The molecule has 26 heavy (non-hydrogen) atoms. The van der Waals surface area contributed by atoms with Crippen LogP contribution in [0.5, 0.6) is 0 Å². The first kappa shape index (κ1) is 23.2. The van der Waals surface area contributed by atoms with E-state index < -0.39 is 0 Å². The molecule has 6 heteroatoms. The summed E-state index contributed by atoms with van der Waals surface area (Å²) < 4.78 is 5.35. The number of guanidine groups is 1. The van der Waals surface area contributed by atoms with Crippen LogP contribution in [0.4, 0.5) is 0 Å². The number of halogens is 1. The number of benzene rings is 1. The molecule has 1 aromatic rings. The van der Waals surface area contributed by atoms with Crippen LogP contribution in [-0.2, 0) is 17.8 Å². The molecule has 2 rings (SSSR count). The van der Waals surface area contributed by atoms with E-state index >= 15 is 0 Å². The van der Waals surface area contributed by atoms with Crippen LogP contribution in [0.1, 0.15) is 43.7 Å². The summed E-state index contributed by atoms with van der Waals surface area (Å²) in [7, 11) is 1.80. The second kappa shape index (κ2) is 14.2. The number of hydrogen-bond acceptors (Lipinski definition) is 3. The maximum absolute atomic E-state index is 5.35. The Hall–Kier alpha value is -0.860. The van der Waals surface area contributed by atoms with E-state index in [-0.39, 0.29) is 24.0 Å². The van der Waals surface area contributed by atoms with Crippen molar-refractivity contribution in [3.63, 3.8) is 0 Å². The van der Waals surface area contributed by atoms with E-state index in [1.165, 1.54) is 49.9 Å². The molecule has 1 aromatic carbocycles. The summed E-state index contributed by atoms with van der Waals surface area (Å²) in [4.78, 5) is 6.89. The van der Waals surface area contributed by atoms with Gasteiger partial charge in [0.2, 0.25) is 0 Å². The minimum Gasteiger partial charge on any atom is -0.380 e. The molecule has 0 saturated carbocycles. The van der Waals surface area contributed by atoms with Crippen molar-refractivity contribution < 1.29 is 4.74 Å². The van der Waals surface area contributed by atoms with Gasteiger partial charge in [-0.2, -0.15) is 0 Å². The molecule has 0 radical (unpaired) electrons. The van der Waals surface area contributed by atoms with Crippen LogP contribution in [-0.4, -0.2) is 50.8 Å². The molecule has 0 aliphatic carbocycles. The van der Waals surface area contributed by atoms with Crippen molar-refractivity contribution in [3.8, 4) is 0 Å². The SMILES string of the molecule is CCOCCNC(=NC)NCc1ccccc1CN1CCCCCC1.I. The number of hydrogen-bond donors (Lipinski definition) is 2. The van der Waals surface area contributed by atoms with Gasteiger partial charge in [-0.3, -0.25) is 9.89 Å². The number of likely N-dealkylation sites (tertiary alicyclic amines) is 1. The first-order chi connectivity index (χ1) is 12.3. The molecule has 0 spiro atoms. The van der Waals surface area contributed by atoms with Gasteiger partial charge in [0, 0.05) is 33.3 Å². The number of nitrogens with zero attached hydrogens (tertiary/aromatic N) is 2. The molecular weight excluding hydrogens is 439 g/mol. The highest BCUT2D eigenvalue weighted by atomic mass is 127. The van der Waals surface area contributed by atoms with Crippen LogP contribution in [0.3, 0.4) is 0 Å². The third-order valence-electron chi connectivity index (χ3n) is 4.62. The van der Waals surface area contributed by atoms with E-state index in [0.717, 1.165) is 32.2 Å². The lowest BCUT2D eigenvalue weighted by Crippen LogP contribution is -2.38. The molecule has 0 unspecified atom stereocenters. The highest BCUT2D eigenvalue weighted by molar-refractivity contribution is 14.0. The smallest absolute Gasteiger partial charge is 0.191 e. The van der Waals surface area contributed by atoms with Gasteiger partial charge < -0.3 is 15.4 Å². The largest absolute Gasteiger partial charge is 0.380 e. The average molecular weight is 474 g/mol. The van der Waals surface area contributed by atoms with Gasteiger partial charge in [0.1, 0.15) is 0 Å². The lowest BCUT2D eigenvalue weighted by atomic mass is 10.1. The van der Waals surface area contributed by atoms with E-state index in [2.05, 4.69) is 44.8 Å². The summed E-state index contributed by atoms with van der Waals surface area (Å²) in [5, 5.41) is 6.70. The number of ether oxygens (including phenoxy) is 1. The van der Waals surface area contributed by atoms with Gasteiger partial charge in [-0.05, 0) is 44.0 Å². The Kier molecular flexibility index (Phi) is 12.7. The fourth-order valence-electron chi connectivity index (χ4n) is 3.20. The topological polar surface area (TPSA) is 48.9 Å². The quantitative estimate of drug-likeness (QED) is 0.263. The van der Waals surface area contributed by atoms with Crippen molar-refractivity contribution in [1.29, 1.82) is 0 Å². The van der Waals surface area contributed by atoms with Crippen molar-refractivity contribution in [1.82, 2.24) is 15.5 Å².